The topological polar surface area (TPSA) is 62.3 Å². The second-order valence-corrected chi connectivity index (χ2v) is 9.43. The number of halogens is 6. The van der Waals surface area contributed by atoms with Crippen molar-refractivity contribution >= 4 is 28.3 Å². The number of aromatic nitrogens is 1. The van der Waals surface area contributed by atoms with Gasteiger partial charge in [0.1, 0.15) is 6.54 Å². The number of nitrogens with zero attached hydrogens (tertiary/aromatic N) is 2. The molecule has 1 aliphatic carbocycles. The fourth-order valence-corrected chi connectivity index (χ4v) is 4.67. The van der Waals surface area contributed by atoms with Crippen LogP contribution in [-0.2, 0) is 17.1 Å². The van der Waals surface area contributed by atoms with Gasteiger partial charge in [-0.3, -0.25) is 9.59 Å². The summed E-state index contributed by atoms with van der Waals surface area (Å²) < 4.78 is 79.7. The van der Waals surface area contributed by atoms with E-state index in [0.717, 1.165) is 29.0 Å². The van der Waals surface area contributed by atoms with Gasteiger partial charge in [-0.1, -0.05) is 19.3 Å². The Morgan fingerprint density at radius 3 is 2.03 bits per heavy atom. The summed E-state index contributed by atoms with van der Waals surface area (Å²) in [5.41, 5.74) is -3.20. The van der Waals surface area contributed by atoms with Crippen LogP contribution in [0.15, 0.2) is 18.2 Å². The molecule has 1 aromatic heterocycles. The average Bonchev–Trinajstić information content (AvgIpc) is 3.07. The van der Waals surface area contributed by atoms with Gasteiger partial charge >= 0.3 is 12.4 Å². The number of nitrogens with one attached hydrogen (secondary N) is 1. The second kappa shape index (κ2) is 9.93. The number of carbonyl (C=O) groups excluding carboxylic acids is 2. The Balaban J connectivity index is 1.94. The van der Waals surface area contributed by atoms with Gasteiger partial charge in [0.15, 0.2) is 5.13 Å². The molecule has 3 rings (SSSR count). The minimum absolute atomic E-state index is 0.0262. The summed E-state index contributed by atoms with van der Waals surface area (Å²) >= 11 is 1.22. The first-order valence-electron chi connectivity index (χ1n) is 10.6. The number of benzene rings is 1. The summed E-state index contributed by atoms with van der Waals surface area (Å²) in [6, 6.07) is 0.301. The summed E-state index contributed by atoms with van der Waals surface area (Å²) in [5.74, 6) is -1.68. The number of rotatable bonds is 5. The van der Waals surface area contributed by atoms with Gasteiger partial charge in [0.25, 0.3) is 5.91 Å². The smallest absolute Gasteiger partial charge is 0.326 e. The van der Waals surface area contributed by atoms with E-state index in [-0.39, 0.29) is 6.07 Å². The second-order valence-electron chi connectivity index (χ2n) is 8.23. The van der Waals surface area contributed by atoms with Crippen LogP contribution in [0.25, 0.3) is 0 Å². The minimum atomic E-state index is -5.08. The maximum absolute atomic E-state index is 13.3. The number of alkyl halides is 6. The highest BCUT2D eigenvalue weighted by Gasteiger charge is 2.38. The molecule has 2 amide bonds. The monoisotopic (exact) mass is 507 g/mol. The van der Waals surface area contributed by atoms with Crippen LogP contribution in [-0.4, -0.2) is 34.3 Å². The van der Waals surface area contributed by atoms with Gasteiger partial charge in [-0.2, -0.15) is 26.3 Å². The van der Waals surface area contributed by atoms with Crippen LogP contribution >= 0.6 is 11.3 Å². The number of thiazole rings is 1. The highest BCUT2D eigenvalue weighted by molar-refractivity contribution is 7.15. The van der Waals surface area contributed by atoms with Gasteiger partial charge in [0.2, 0.25) is 5.91 Å². The lowest BCUT2D eigenvalue weighted by Gasteiger charge is -2.34. The number of amides is 2. The summed E-state index contributed by atoms with van der Waals surface area (Å²) in [4.78, 5) is 32.1. The standard InChI is InChI=1S/C22H23F6N3O2S/c1-12-13(2)34-20(29-12)30-18(32)11-31(17-6-4-3-5-7-17)19(33)14-8-15(21(23,24)25)10-16(9-14)22(26,27)28/h8-10,17H,3-7,11H2,1-2H3,(H,29,30,32). The third kappa shape index (κ3) is 6.28. The van der Waals surface area contributed by atoms with Crippen LogP contribution in [0.3, 0.4) is 0 Å². The summed E-state index contributed by atoms with van der Waals surface area (Å²) in [6.45, 7) is 3.05. The van der Waals surface area contributed by atoms with E-state index in [1.807, 2.05) is 6.92 Å². The zero-order chi connectivity index (χ0) is 25.3. The van der Waals surface area contributed by atoms with E-state index in [9.17, 15) is 35.9 Å². The van der Waals surface area contributed by atoms with Crippen LogP contribution in [0.4, 0.5) is 31.5 Å². The van der Waals surface area contributed by atoms with Crippen molar-refractivity contribution in [2.24, 2.45) is 0 Å². The van der Waals surface area contributed by atoms with E-state index in [4.69, 9.17) is 0 Å². The van der Waals surface area contributed by atoms with Crippen LogP contribution in [0, 0.1) is 13.8 Å². The molecule has 0 saturated heterocycles. The Morgan fingerprint density at radius 1 is 1.00 bits per heavy atom. The number of anilines is 1. The molecule has 1 aromatic carbocycles. The van der Waals surface area contributed by atoms with Gasteiger partial charge in [-0.05, 0) is 44.9 Å². The molecule has 1 N–H and O–H groups in total. The van der Waals surface area contributed by atoms with Crippen molar-refractivity contribution in [3.8, 4) is 0 Å². The predicted molar refractivity (Wildman–Crippen MR) is 115 cm³/mol. The van der Waals surface area contributed by atoms with Crippen LogP contribution in [0.1, 0.15) is 64.2 Å². The van der Waals surface area contributed by atoms with Crippen molar-refractivity contribution in [2.45, 2.75) is 64.3 Å². The Bertz CT molecular complexity index is 1010. The van der Waals surface area contributed by atoms with Gasteiger partial charge in [0.05, 0.1) is 16.8 Å². The molecule has 0 spiro atoms. The summed E-state index contributed by atoms with van der Waals surface area (Å²) in [6.07, 6.45) is -6.80. The molecule has 34 heavy (non-hydrogen) atoms. The largest absolute Gasteiger partial charge is 0.416 e. The molecule has 186 valence electrons. The van der Waals surface area contributed by atoms with E-state index < -0.39 is 53.4 Å². The van der Waals surface area contributed by atoms with Gasteiger partial charge < -0.3 is 10.2 Å². The fraction of sp³-hybridized carbons (Fsp3) is 0.500. The number of carbonyl (C=O) groups is 2. The first-order valence-corrected chi connectivity index (χ1v) is 11.4. The molecule has 0 aliphatic heterocycles. The number of hydrogen-bond donors (Lipinski definition) is 1. The Hall–Kier alpha value is -2.63. The molecule has 1 aliphatic rings. The van der Waals surface area contributed by atoms with E-state index in [1.54, 1.807) is 6.92 Å². The number of aryl methyl sites for hydroxylation is 2. The van der Waals surface area contributed by atoms with Gasteiger partial charge in [0, 0.05) is 16.5 Å². The maximum atomic E-state index is 13.3. The molecule has 2 aromatic rings. The van der Waals surface area contributed by atoms with Crippen molar-refractivity contribution in [3.05, 3.63) is 45.5 Å². The van der Waals surface area contributed by atoms with Gasteiger partial charge in [-0.15, -0.1) is 11.3 Å². The molecular weight excluding hydrogens is 484 g/mol. The van der Waals surface area contributed by atoms with Crippen LogP contribution < -0.4 is 5.32 Å². The third-order valence-electron chi connectivity index (χ3n) is 5.70. The molecule has 0 atom stereocenters. The lowest BCUT2D eigenvalue weighted by Crippen LogP contribution is -2.45. The highest BCUT2D eigenvalue weighted by Crippen LogP contribution is 2.37. The van der Waals surface area contributed by atoms with Crippen LogP contribution in [0.2, 0.25) is 0 Å². The zero-order valence-corrected chi connectivity index (χ0v) is 19.3. The lowest BCUT2D eigenvalue weighted by atomic mass is 9.93. The quantitative estimate of drug-likeness (QED) is 0.490. The molecule has 0 radical (unpaired) electrons. The normalized spacial score (nSPS) is 15.3. The summed E-state index contributed by atoms with van der Waals surface area (Å²) in [7, 11) is 0. The molecule has 12 heteroatoms. The van der Waals surface area contributed by atoms with Crippen LogP contribution in [0.5, 0.6) is 0 Å². The SMILES string of the molecule is Cc1nc(NC(=O)CN(C(=O)c2cc(C(F)(F)F)cc(C(F)(F)F)c2)C2CCCCC2)sc1C. The Morgan fingerprint density at radius 2 is 1.56 bits per heavy atom. The molecule has 5 nitrogen and oxygen atoms in total. The van der Waals surface area contributed by atoms with E-state index >= 15 is 0 Å². The zero-order valence-electron chi connectivity index (χ0n) is 18.4. The van der Waals surface area contributed by atoms with Crippen molar-refractivity contribution in [2.75, 3.05) is 11.9 Å². The molecule has 1 heterocycles. The third-order valence-corrected chi connectivity index (χ3v) is 6.69. The molecular formula is C22H23F6N3O2S. The van der Waals surface area contributed by atoms with E-state index in [2.05, 4.69) is 10.3 Å². The molecule has 0 bridgehead atoms. The number of hydrogen-bond acceptors (Lipinski definition) is 4. The van der Waals surface area contributed by atoms with Gasteiger partial charge in [-0.25, -0.2) is 4.98 Å². The maximum Gasteiger partial charge on any atom is 0.416 e. The summed E-state index contributed by atoms with van der Waals surface area (Å²) in [5, 5.41) is 2.87. The van der Waals surface area contributed by atoms with E-state index in [1.165, 1.54) is 11.3 Å². The first kappa shape index (κ1) is 26.0. The first-order chi connectivity index (χ1) is 15.8. The fourth-order valence-electron chi connectivity index (χ4n) is 3.84. The Kier molecular flexibility index (Phi) is 7.59. The molecule has 1 fully saturated rings. The Labute approximate surface area is 196 Å². The average molecular weight is 508 g/mol. The minimum Gasteiger partial charge on any atom is -0.326 e. The van der Waals surface area contributed by atoms with Crippen molar-refractivity contribution in [1.29, 1.82) is 0 Å². The van der Waals surface area contributed by atoms with Crippen molar-refractivity contribution < 1.29 is 35.9 Å². The molecule has 0 unspecified atom stereocenters. The van der Waals surface area contributed by atoms with E-state index in [0.29, 0.717) is 35.8 Å². The lowest BCUT2D eigenvalue weighted by molar-refractivity contribution is -0.143. The predicted octanol–water partition coefficient (Wildman–Crippen LogP) is 6.21. The van der Waals surface area contributed by atoms with Crippen molar-refractivity contribution in [3.63, 3.8) is 0 Å². The molecule has 1 saturated carbocycles. The van der Waals surface area contributed by atoms with Crippen molar-refractivity contribution in [1.82, 2.24) is 9.88 Å². The highest BCUT2D eigenvalue weighted by atomic mass is 32.1.